The van der Waals surface area contributed by atoms with Crippen molar-refractivity contribution in [3.8, 4) is 5.88 Å². The Hall–Kier alpha value is -2.74. The van der Waals surface area contributed by atoms with Gasteiger partial charge in [-0.1, -0.05) is 0 Å². The Labute approximate surface area is 138 Å². The minimum absolute atomic E-state index is 0.229. The van der Waals surface area contributed by atoms with Crippen LogP contribution in [0.3, 0.4) is 0 Å². The van der Waals surface area contributed by atoms with Crippen molar-refractivity contribution in [2.45, 2.75) is 13.0 Å². The highest BCUT2D eigenvalue weighted by Gasteiger charge is 2.32. The number of H-pyrrole nitrogens is 1. The van der Waals surface area contributed by atoms with Crippen LogP contribution in [-0.2, 0) is 4.74 Å². The second-order valence-corrected chi connectivity index (χ2v) is 5.41. The summed E-state index contributed by atoms with van der Waals surface area (Å²) in [5.41, 5.74) is 0.620. The highest BCUT2D eigenvalue weighted by Crippen LogP contribution is 2.26. The number of carbonyl (C=O) groups excluding carboxylic acids is 1. The van der Waals surface area contributed by atoms with Gasteiger partial charge in [0.1, 0.15) is 11.4 Å². The molecule has 1 saturated heterocycles. The molecule has 1 atom stereocenters. The van der Waals surface area contributed by atoms with Gasteiger partial charge >= 0.3 is 0 Å². The number of carbonyl (C=O) groups is 1. The van der Waals surface area contributed by atoms with E-state index < -0.39 is 6.04 Å². The zero-order chi connectivity index (χ0) is 17.1. The molecule has 0 saturated carbocycles. The summed E-state index contributed by atoms with van der Waals surface area (Å²) in [4.78, 5) is 37.4. The van der Waals surface area contributed by atoms with Crippen LogP contribution in [0.5, 0.6) is 5.88 Å². The van der Waals surface area contributed by atoms with Crippen molar-refractivity contribution in [3.05, 3.63) is 51.8 Å². The van der Waals surface area contributed by atoms with Gasteiger partial charge in [-0.05, 0) is 19.1 Å². The highest BCUT2D eigenvalue weighted by atomic mass is 16.5. The number of hydrogen-bond donors (Lipinski definition) is 1. The van der Waals surface area contributed by atoms with Crippen LogP contribution in [0.1, 0.15) is 27.9 Å². The number of rotatable bonds is 3. The number of methoxy groups -OCH3 is 1. The van der Waals surface area contributed by atoms with Gasteiger partial charge in [0.25, 0.3) is 11.5 Å². The number of hydrogen-bond acceptors (Lipinski definition) is 6. The summed E-state index contributed by atoms with van der Waals surface area (Å²) >= 11 is 0. The van der Waals surface area contributed by atoms with Gasteiger partial charge in [0.15, 0.2) is 0 Å². The number of ether oxygens (including phenoxy) is 2. The Kier molecular flexibility index (Phi) is 4.57. The average Bonchev–Trinajstić information content (AvgIpc) is 2.60. The van der Waals surface area contributed by atoms with Crippen molar-refractivity contribution in [2.24, 2.45) is 0 Å². The summed E-state index contributed by atoms with van der Waals surface area (Å²) in [6.07, 6.45) is 1.56. The lowest BCUT2D eigenvalue weighted by atomic mass is 10.1. The molecule has 1 aliphatic rings. The second kappa shape index (κ2) is 6.79. The third-order valence-corrected chi connectivity index (χ3v) is 3.81. The Morgan fingerprint density at radius 1 is 1.50 bits per heavy atom. The number of amides is 1. The first-order chi connectivity index (χ1) is 11.6. The lowest BCUT2D eigenvalue weighted by molar-refractivity contribution is -0.00419. The van der Waals surface area contributed by atoms with Crippen LogP contribution < -0.4 is 10.3 Å². The normalized spacial score (nSPS) is 17.6. The van der Waals surface area contributed by atoms with E-state index in [9.17, 15) is 9.59 Å². The van der Waals surface area contributed by atoms with E-state index >= 15 is 0 Å². The van der Waals surface area contributed by atoms with Gasteiger partial charge in [-0.3, -0.25) is 9.59 Å². The third-order valence-electron chi connectivity index (χ3n) is 3.81. The summed E-state index contributed by atoms with van der Waals surface area (Å²) in [7, 11) is 1.47. The molecule has 1 N–H and O–H groups in total. The Morgan fingerprint density at radius 2 is 2.33 bits per heavy atom. The van der Waals surface area contributed by atoms with E-state index in [1.165, 1.54) is 13.2 Å². The van der Waals surface area contributed by atoms with Crippen LogP contribution in [0.15, 0.2) is 29.2 Å². The van der Waals surface area contributed by atoms with Crippen LogP contribution in [-0.4, -0.2) is 52.6 Å². The van der Waals surface area contributed by atoms with Crippen molar-refractivity contribution in [1.29, 1.82) is 0 Å². The number of nitrogens with one attached hydrogen (secondary N) is 1. The minimum atomic E-state index is -0.433. The third kappa shape index (κ3) is 3.13. The van der Waals surface area contributed by atoms with Crippen LogP contribution in [0, 0.1) is 6.92 Å². The van der Waals surface area contributed by atoms with Crippen molar-refractivity contribution >= 4 is 5.91 Å². The summed E-state index contributed by atoms with van der Waals surface area (Å²) in [6, 6.07) is 4.31. The number of morpholine rings is 1. The van der Waals surface area contributed by atoms with E-state index in [2.05, 4.69) is 15.0 Å². The molecule has 0 spiro atoms. The van der Waals surface area contributed by atoms with Gasteiger partial charge in [0.2, 0.25) is 5.88 Å². The Morgan fingerprint density at radius 3 is 3.08 bits per heavy atom. The summed E-state index contributed by atoms with van der Waals surface area (Å²) in [6.45, 7) is 2.80. The molecule has 0 radical (unpaired) electrons. The smallest absolute Gasteiger partial charge is 0.260 e. The number of aromatic amines is 1. The molecule has 2 aromatic heterocycles. The van der Waals surface area contributed by atoms with Crippen LogP contribution in [0.4, 0.5) is 0 Å². The van der Waals surface area contributed by atoms with Gasteiger partial charge < -0.3 is 19.4 Å². The molecule has 24 heavy (non-hydrogen) atoms. The van der Waals surface area contributed by atoms with Crippen molar-refractivity contribution in [1.82, 2.24) is 19.9 Å². The molecule has 126 valence electrons. The lowest BCUT2D eigenvalue weighted by Gasteiger charge is -2.35. The van der Waals surface area contributed by atoms with E-state index in [4.69, 9.17) is 9.47 Å². The number of nitrogens with zero attached hydrogens (tertiary/aromatic N) is 3. The van der Waals surface area contributed by atoms with E-state index in [0.29, 0.717) is 30.2 Å². The molecule has 0 aliphatic carbocycles. The molecule has 8 nitrogen and oxygen atoms in total. The summed E-state index contributed by atoms with van der Waals surface area (Å²) < 4.78 is 10.7. The first kappa shape index (κ1) is 16.1. The quantitative estimate of drug-likeness (QED) is 0.889. The van der Waals surface area contributed by atoms with Crippen LogP contribution in [0.2, 0.25) is 0 Å². The second-order valence-electron chi connectivity index (χ2n) is 5.41. The fourth-order valence-electron chi connectivity index (χ4n) is 2.74. The van der Waals surface area contributed by atoms with Crippen LogP contribution in [0.25, 0.3) is 0 Å². The monoisotopic (exact) mass is 330 g/mol. The zero-order valence-corrected chi connectivity index (χ0v) is 13.5. The summed E-state index contributed by atoms with van der Waals surface area (Å²) in [5, 5.41) is 0. The lowest BCUT2D eigenvalue weighted by Crippen LogP contribution is -2.44. The average molecular weight is 330 g/mol. The number of aromatic nitrogens is 3. The maximum atomic E-state index is 13.0. The van der Waals surface area contributed by atoms with Gasteiger partial charge in [-0.25, -0.2) is 9.97 Å². The first-order valence-corrected chi connectivity index (χ1v) is 7.55. The molecule has 3 rings (SSSR count). The highest BCUT2D eigenvalue weighted by molar-refractivity contribution is 5.96. The fourth-order valence-corrected chi connectivity index (χ4v) is 2.74. The predicted octanol–water partition coefficient (Wildman–Crippen LogP) is 0.696. The molecular formula is C16H18N4O4. The van der Waals surface area contributed by atoms with Crippen molar-refractivity contribution < 1.29 is 14.3 Å². The predicted molar refractivity (Wildman–Crippen MR) is 85.0 cm³/mol. The van der Waals surface area contributed by atoms with Crippen molar-refractivity contribution in [2.75, 3.05) is 26.9 Å². The minimum Gasteiger partial charge on any atom is -0.480 e. The first-order valence-electron chi connectivity index (χ1n) is 7.55. The Bertz CT molecular complexity index is 805. The van der Waals surface area contributed by atoms with E-state index in [-0.39, 0.29) is 24.0 Å². The van der Waals surface area contributed by atoms with Gasteiger partial charge in [-0.2, -0.15) is 0 Å². The maximum Gasteiger partial charge on any atom is 0.260 e. The largest absolute Gasteiger partial charge is 0.480 e. The molecule has 1 aliphatic heterocycles. The topological polar surface area (TPSA) is 97.4 Å². The van der Waals surface area contributed by atoms with E-state index in [1.807, 2.05) is 0 Å². The van der Waals surface area contributed by atoms with E-state index in [1.54, 1.807) is 30.2 Å². The van der Waals surface area contributed by atoms with Crippen molar-refractivity contribution in [3.63, 3.8) is 0 Å². The SMILES string of the molecule is COc1ncccc1C(=O)N1CCOC[C@@H]1c1cc(=O)[nH]c(C)n1. The fraction of sp³-hybridized carbons (Fsp3) is 0.375. The van der Waals surface area contributed by atoms with Gasteiger partial charge in [0.05, 0.1) is 32.1 Å². The van der Waals surface area contributed by atoms with Gasteiger partial charge in [-0.15, -0.1) is 0 Å². The molecule has 1 amide bonds. The molecular weight excluding hydrogens is 312 g/mol. The maximum absolute atomic E-state index is 13.0. The molecule has 0 bridgehead atoms. The molecule has 0 aromatic carbocycles. The number of pyridine rings is 1. The van der Waals surface area contributed by atoms with Crippen LogP contribution >= 0.6 is 0 Å². The molecule has 8 heteroatoms. The molecule has 1 fully saturated rings. The standard InChI is InChI=1S/C16H18N4O4/c1-10-18-12(8-14(21)19-10)13-9-24-7-6-20(13)16(22)11-4-3-5-17-15(11)23-2/h3-5,8,13H,6-7,9H2,1-2H3,(H,18,19,21)/t13-/m1/s1. The zero-order valence-electron chi connectivity index (χ0n) is 13.5. The molecule has 3 heterocycles. The molecule has 0 unspecified atom stereocenters. The summed E-state index contributed by atoms with van der Waals surface area (Å²) in [5.74, 6) is 0.533. The Balaban J connectivity index is 1.97. The van der Waals surface area contributed by atoms with Gasteiger partial charge in [0, 0.05) is 18.8 Å². The molecule has 2 aromatic rings. The van der Waals surface area contributed by atoms with E-state index in [0.717, 1.165) is 0 Å². The number of aryl methyl sites for hydroxylation is 1.